The average Bonchev–Trinajstić information content (AvgIpc) is 4.07. The SMILES string of the molecule is Cc1ccc2nc(-c3ccccc3-c3nc4ccc(N)cc4[nH]3)[nH]c2c1.c1ccc2c(c1)CN=C(c1ccccc1-c1nc3ccc(N4CCCC4)cc3[nH]1)N2. The number of aromatic amines is 3. The molecule has 6 N–H and O–H groups in total. The van der Waals surface area contributed by atoms with E-state index >= 15 is 0 Å². The summed E-state index contributed by atoms with van der Waals surface area (Å²) in [6.07, 6.45) is 2.55. The van der Waals surface area contributed by atoms with Gasteiger partial charge in [0.1, 0.15) is 23.3 Å². The molecule has 2 aliphatic rings. The van der Waals surface area contributed by atoms with Crippen LogP contribution in [0.25, 0.3) is 67.3 Å². The number of hydrogen-bond acceptors (Lipinski definition) is 7. The number of nitrogen functional groups attached to an aromatic ring is 1. The van der Waals surface area contributed by atoms with Crippen LogP contribution in [0.5, 0.6) is 0 Å². The number of aliphatic imine (C=N–C) groups is 1. The Kier molecular flexibility index (Phi) is 8.28. The summed E-state index contributed by atoms with van der Waals surface area (Å²) in [6.45, 7) is 5.05. The average molecular weight is 733 g/mol. The number of nitrogens with one attached hydrogen (secondary N) is 4. The lowest BCUT2D eigenvalue weighted by Crippen LogP contribution is -2.19. The highest BCUT2D eigenvalue weighted by atomic mass is 15.1. The third-order valence-electron chi connectivity index (χ3n) is 10.6. The van der Waals surface area contributed by atoms with Crippen LogP contribution in [0.1, 0.15) is 29.5 Å². The lowest BCUT2D eigenvalue weighted by molar-refractivity contribution is 0.949. The molecule has 56 heavy (non-hydrogen) atoms. The molecule has 10 nitrogen and oxygen atoms in total. The third-order valence-corrected chi connectivity index (χ3v) is 10.6. The number of para-hydroxylation sites is 1. The molecule has 1 saturated heterocycles. The zero-order chi connectivity index (χ0) is 37.6. The highest BCUT2D eigenvalue weighted by Crippen LogP contribution is 2.33. The summed E-state index contributed by atoms with van der Waals surface area (Å²) in [5.74, 6) is 3.41. The minimum atomic E-state index is 0.687. The van der Waals surface area contributed by atoms with E-state index in [1.54, 1.807) is 0 Å². The molecule has 11 rings (SSSR count). The fourth-order valence-corrected chi connectivity index (χ4v) is 7.76. The smallest absolute Gasteiger partial charge is 0.139 e. The Morgan fingerprint density at radius 2 is 1.09 bits per heavy atom. The van der Waals surface area contributed by atoms with Crippen molar-refractivity contribution in [1.82, 2.24) is 29.9 Å². The van der Waals surface area contributed by atoms with E-state index in [1.165, 1.54) is 29.7 Å². The van der Waals surface area contributed by atoms with Crippen molar-refractivity contribution in [2.75, 3.05) is 29.0 Å². The molecule has 0 bridgehead atoms. The monoisotopic (exact) mass is 732 g/mol. The van der Waals surface area contributed by atoms with Gasteiger partial charge in [0.2, 0.25) is 0 Å². The van der Waals surface area contributed by atoms with E-state index in [-0.39, 0.29) is 0 Å². The van der Waals surface area contributed by atoms with Crippen LogP contribution >= 0.6 is 0 Å². The minimum Gasteiger partial charge on any atom is -0.399 e. The molecule has 2 aliphatic heterocycles. The first-order chi connectivity index (χ1) is 27.5. The van der Waals surface area contributed by atoms with Crippen LogP contribution in [0.3, 0.4) is 0 Å². The second kappa shape index (κ2) is 13.9. The Hall–Kier alpha value is -7.20. The molecule has 0 saturated carbocycles. The van der Waals surface area contributed by atoms with Gasteiger partial charge >= 0.3 is 0 Å². The Bertz CT molecular complexity index is 2830. The number of H-pyrrole nitrogens is 3. The highest BCUT2D eigenvalue weighted by molar-refractivity contribution is 6.13. The maximum Gasteiger partial charge on any atom is 0.139 e. The number of aryl methyl sites for hydroxylation is 1. The summed E-state index contributed by atoms with van der Waals surface area (Å²) < 4.78 is 0. The first-order valence-corrected chi connectivity index (χ1v) is 19.1. The number of aromatic nitrogens is 6. The van der Waals surface area contributed by atoms with E-state index in [9.17, 15) is 0 Å². The van der Waals surface area contributed by atoms with Crippen LogP contribution in [0, 0.1) is 6.92 Å². The Morgan fingerprint density at radius 3 is 1.77 bits per heavy atom. The number of nitrogens with zero attached hydrogens (tertiary/aromatic N) is 5. The number of rotatable bonds is 5. The van der Waals surface area contributed by atoms with E-state index in [0.29, 0.717) is 12.2 Å². The molecular weight excluding hydrogens is 693 g/mol. The van der Waals surface area contributed by atoms with Gasteiger partial charge in [-0.25, -0.2) is 15.0 Å². The fourth-order valence-electron chi connectivity index (χ4n) is 7.76. The van der Waals surface area contributed by atoms with E-state index in [4.69, 9.17) is 25.7 Å². The second-order valence-corrected chi connectivity index (χ2v) is 14.5. The number of benzene rings is 6. The van der Waals surface area contributed by atoms with Gasteiger partial charge in [0, 0.05) is 52.4 Å². The summed E-state index contributed by atoms with van der Waals surface area (Å²) in [4.78, 5) is 32.0. The summed E-state index contributed by atoms with van der Waals surface area (Å²) in [7, 11) is 0. The van der Waals surface area contributed by atoms with Gasteiger partial charge < -0.3 is 30.9 Å². The van der Waals surface area contributed by atoms with E-state index in [1.807, 2.05) is 36.4 Å². The first-order valence-electron chi connectivity index (χ1n) is 19.1. The summed E-state index contributed by atoms with van der Waals surface area (Å²) in [6, 6.07) is 43.2. The van der Waals surface area contributed by atoms with Crippen LogP contribution in [0.2, 0.25) is 0 Å². The van der Waals surface area contributed by atoms with Crippen molar-refractivity contribution < 1.29 is 0 Å². The van der Waals surface area contributed by atoms with Crippen LogP contribution in [-0.2, 0) is 6.54 Å². The number of hydrogen-bond donors (Lipinski definition) is 5. The molecule has 0 amide bonds. The molecule has 10 heteroatoms. The first kappa shape index (κ1) is 33.4. The van der Waals surface area contributed by atoms with Crippen molar-refractivity contribution in [3.05, 3.63) is 144 Å². The number of amidine groups is 1. The zero-order valence-electron chi connectivity index (χ0n) is 31.0. The van der Waals surface area contributed by atoms with E-state index in [0.717, 1.165) is 97.4 Å². The maximum atomic E-state index is 5.89. The summed E-state index contributed by atoms with van der Waals surface area (Å²) >= 11 is 0. The second-order valence-electron chi connectivity index (χ2n) is 14.5. The lowest BCUT2D eigenvalue weighted by atomic mass is 10.0. The molecule has 9 aromatic rings. The Morgan fingerprint density at radius 1 is 0.554 bits per heavy atom. The standard InChI is InChI=1S/C25H23N5.C21H17N5/c1-4-10-21-17(7-1)16-26-24(27-21)19-8-2-3-9-20(19)25-28-22-12-11-18(15-23(22)29-25)30-13-5-6-14-30;1-12-6-8-16-18(10-12)25-20(23-16)14-4-2-3-5-15(14)21-24-17-9-7-13(22)11-19(17)26-21/h1-4,7-12,15H,5-6,13-14,16H2,(H,26,27)(H,28,29);2-11H,22H2,1H3,(H,23,25)(H,24,26). The van der Waals surface area contributed by atoms with Crippen molar-refractivity contribution in [2.45, 2.75) is 26.3 Å². The van der Waals surface area contributed by atoms with Crippen molar-refractivity contribution in [3.63, 3.8) is 0 Å². The van der Waals surface area contributed by atoms with Crippen molar-refractivity contribution >= 4 is 56.0 Å². The van der Waals surface area contributed by atoms with Gasteiger partial charge in [-0.2, -0.15) is 0 Å². The quantitative estimate of drug-likeness (QED) is 0.112. The van der Waals surface area contributed by atoms with Gasteiger partial charge in [-0.3, -0.25) is 4.99 Å². The number of fused-ring (bicyclic) bond motifs is 4. The molecule has 0 radical (unpaired) electrons. The number of anilines is 3. The Labute approximate surface area is 323 Å². The van der Waals surface area contributed by atoms with Gasteiger partial charge in [0.05, 0.1) is 39.6 Å². The maximum absolute atomic E-state index is 5.89. The highest BCUT2D eigenvalue weighted by Gasteiger charge is 2.19. The van der Waals surface area contributed by atoms with Crippen LogP contribution < -0.4 is 16.0 Å². The lowest BCUT2D eigenvalue weighted by Gasteiger charge is -2.19. The third kappa shape index (κ3) is 6.30. The van der Waals surface area contributed by atoms with E-state index in [2.05, 4.69) is 123 Å². The van der Waals surface area contributed by atoms with Gasteiger partial charge in [-0.05, 0) is 85.5 Å². The molecule has 0 atom stereocenters. The largest absolute Gasteiger partial charge is 0.399 e. The Balaban J connectivity index is 0.000000139. The summed E-state index contributed by atoms with van der Waals surface area (Å²) in [5, 5.41) is 3.51. The minimum absolute atomic E-state index is 0.687. The van der Waals surface area contributed by atoms with Gasteiger partial charge in [-0.15, -0.1) is 0 Å². The predicted molar refractivity (Wildman–Crippen MR) is 229 cm³/mol. The molecule has 0 spiro atoms. The molecule has 274 valence electrons. The predicted octanol–water partition coefficient (Wildman–Crippen LogP) is 9.87. The zero-order valence-corrected chi connectivity index (χ0v) is 31.0. The van der Waals surface area contributed by atoms with Gasteiger partial charge in [-0.1, -0.05) is 72.8 Å². The number of imidazole rings is 3. The normalized spacial score (nSPS) is 13.7. The van der Waals surface area contributed by atoms with Crippen LogP contribution in [-0.4, -0.2) is 48.8 Å². The molecule has 5 heterocycles. The van der Waals surface area contributed by atoms with Gasteiger partial charge in [0.25, 0.3) is 0 Å². The molecule has 0 aliphatic carbocycles. The van der Waals surface area contributed by atoms with Crippen molar-refractivity contribution in [3.8, 4) is 34.2 Å². The van der Waals surface area contributed by atoms with Crippen molar-refractivity contribution in [2.24, 2.45) is 4.99 Å². The van der Waals surface area contributed by atoms with Crippen molar-refractivity contribution in [1.29, 1.82) is 0 Å². The van der Waals surface area contributed by atoms with Gasteiger partial charge in [0.15, 0.2) is 0 Å². The summed E-state index contributed by atoms with van der Waals surface area (Å²) in [5.41, 5.74) is 21.4. The van der Waals surface area contributed by atoms with Crippen LogP contribution in [0.15, 0.2) is 132 Å². The molecule has 1 fully saturated rings. The van der Waals surface area contributed by atoms with E-state index < -0.39 is 0 Å². The fraction of sp³-hybridized carbons (Fsp3) is 0.130. The topological polar surface area (TPSA) is 140 Å². The molecular formula is C46H40N10. The molecule has 3 aromatic heterocycles. The molecule has 0 unspecified atom stereocenters. The van der Waals surface area contributed by atoms with Crippen LogP contribution in [0.4, 0.5) is 17.1 Å². The number of nitrogens with two attached hydrogens (primary N) is 1. The molecule has 6 aromatic carbocycles.